The number of aromatic nitrogens is 1. The van der Waals surface area contributed by atoms with Gasteiger partial charge in [-0.3, -0.25) is 4.79 Å². The molecule has 0 radical (unpaired) electrons. The van der Waals surface area contributed by atoms with E-state index in [1.165, 1.54) is 18.2 Å². The molecule has 5 heteroatoms. The quantitative estimate of drug-likeness (QED) is 0.933. The number of rotatable bonds is 4. The first-order valence-electron chi connectivity index (χ1n) is 5.98. The zero-order chi connectivity index (χ0) is 13.8. The van der Waals surface area contributed by atoms with Crippen LogP contribution in [0.4, 0.5) is 10.1 Å². The third kappa shape index (κ3) is 3.35. The highest BCUT2D eigenvalue weighted by molar-refractivity contribution is 6.31. The number of halogens is 2. The van der Waals surface area contributed by atoms with Crippen LogP contribution >= 0.6 is 11.6 Å². The molecule has 3 nitrogen and oxygen atoms in total. The lowest BCUT2D eigenvalue weighted by atomic mass is 10.2. The van der Waals surface area contributed by atoms with E-state index in [0.717, 1.165) is 11.3 Å². The fourth-order valence-corrected chi connectivity index (χ4v) is 1.98. The summed E-state index contributed by atoms with van der Waals surface area (Å²) in [4.78, 5) is 11.4. The van der Waals surface area contributed by atoms with Gasteiger partial charge in [0.1, 0.15) is 5.82 Å². The molecule has 19 heavy (non-hydrogen) atoms. The van der Waals surface area contributed by atoms with E-state index in [1.54, 1.807) is 22.9 Å². The zero-order valence-electron chi connectivity index (χ0n) is 10.5. The Morgan fingerprint density at radius 3 is 2.79 bits per heavy atom. The summed E-state index contributed by atoms with van der Waals surface area (Å²) >= 11 is 5.94. The van der Waals surface area contributed by atoms with Crippen LogP contribution in [0, 0.1) is 5.82 Å². The molecule has 0 saturated carbocycles. The molecule has 1 aromatic carbocycles. The van der Waals surface area contributed by atoms with Gasteiger partial charge in [0.15, 0.2) is 0 Å². The van der Waals surface area contributed by atoms with E-state index >= 15 is 0 Å². The standard InChI is InChI=1S/C14H14ClFN2O/c1-2-18-9-12(5-6-14(18)19)17-8-10-3-4-11(16)7-13(10)15/h3-7,9,17H,2,8H2,1H3. The van der Waals surface area contributed by atoms with Crippen LogP contribution < -0.4 is 10.9 Å². The zero-order valence-corrected chi connectivity index (χ0v) is 11.2. The molecule has 2 aromatic rings. The molecule has 0 fully saturated rings. The Hall–Kier alpha value is -1.81. The molecule has 0 spiro atoms. The lowest BCUT2D eigenvalue weighted by molar-refractivity contribution is 0.627. The Balaban J connectivity index is 2.12. The first kappa shape index (κ1) is 13.6. The van der Waals surface area contributed by atoms with Gasteiger partial charge in [-0.15, -0.1) is 0 Å². The van der Waals surface area contributed by atoms with Gasteiger partial charge >= 0.3 is 0 Å². The van der Waals surface area contributed by atoms with Crippen molar-refractivity contribution in [3.63, 3.8) is 0 Å². The van der Waals surface area contributed by atoms with Gasteiger partial charge in [-0.2, -0.15) is 0 Å². The fourth-order valence-electron chi connectivity index (χ4n) is 1.75. The minimum absolute atomic E-state index is 0.0344. The van der Waals surface area contributed by atoms with E-state index in [0.29, 0.717) is 18.1 Å². The van der Waals surface area contributed by atoms with Gasteiger partial charge in [0.25, 0.3) is 5.56 Å². The summed E-state index contributed by atoms with van der Waals surface area (Å²) in [6, 6.07) is 7.52. The van der Waals surface area contributed by atoms with Crippen LogP contribution in [0.5, 0.6) is 0 Å². The van der Waals surface area contributed by atoms with Crippen molar-refractivity contribution in [2.75, 3.05) is 5.32 Å². The average Bonchev–Trinajstić information content (AvgIpc) is 2.39. The van der Waals surface area contributed by atoms with Crippen LogP contribution in [0.2, 0.25) is 5.02 Å². The summed E-state index contributed by atoms with van der Waals surface area (Å²) in [7, 11) is 0. The summed E-state index contributed by atoms with van der Waals surface area (Å²) in [5, 5.41) is 3.54. The predicted octanol–water partition coefficient (Wildman–Crippen LogP) is 3.27. The van der Waals surface area contributed by atoms with Gasteiger partial charge in [0.05, 0.1) is 5.69 Å². The van der Waals surface area contributed by atoms with Crippen molar-refractivity contribution in [2.45, 2.75) is 20.0 Å². The second-order valence-electron chi connectivity index (χ2n) is 4.13. The molecule has 0 aliphatic heterocycles. The maximum Gasteiger partial charge on any atom is 0.250 e. The number of nitrogens with one attached hydrogen (secondary N) is 1. The highest BCUT2D eigenvalue weighted by Gasteiger charge is 2.02. The van der Waals surface area contributed by atoms with E-state index in [9.17, 15) is 9.18 Å². The van der Waals surface area contributed by atoms with E-state index in [1.807, 2.05) is 6.92 Å². The predicted molar refractivity (Wildman–Crippen MR) is 75.1 cm³/mol. The smallest absolute Gasteiger partial charge is 0.250 e. The number of anilines is 1. The van der Waals surface area contributed by atoms with Crippen LogP contribution in [0.3, 0.4) is 0 Å². The van der Waals surface area contributed by atoms with Crippen molar-refractivity contribution in [1.29, 1.82) is 0 Å². The number of pyridine rings is 1. The van der Waals surface area contributed by atoms with Gasteiger partial charge in [0, 0.05) is 30.4 Å². The summed E-state index contributed by atoms with van der Waals surface area (Å²) in [6.07, 6.45) is 1.75. The van der Waals surface area contributed by atoms with Crippen molar-refractivity contribution in [2.24, 2.45) is 0 Å². The summed E-state index contributed by atoms with van der Waals surface area (Å²) in [5.74, 6) is -0.353. The SMILES string of the molecule is CCn1cc(NCc2ccc(F)cc2Cl)ccc1=O. The molecule has 2 rings (SSSR count). The van der Waals surface area contributed by atoms with Crippen LogP contribution in [0.25, 0.3) is 0 Å². The number of nitrogens with zero attached hydrogens (tertiary/aromatic N) is 1. The van der Waals surface area contributed by atoms with Crippen molar-refractivity contribution < 1.29 is 4.39 Å². The Kier molecular flexibility index (Phi) is 4.22. The lowest BCUT2D eigenvalue weighted by Gasteiger charge is -2.10. The largest absolute Gasteiger partial charge is 0.380 e. The second-order valence-corrected chi connectivity index (χ2v) is 4.54. The summed E-state index contributed by atoms with van der Waals surface area (Å²) in [6.45, 7) is 2.99. The molecule has 0 bridgehead atoms. The van der Waals surface area contributed by atoms with Gasteiger partial charge in [-0.25, -0.2) is 4.39 Å². The van der Waals surface area contributed by atoms with Crippen LogP contribution in [0.15, 0.2) is 41.3 Å². The second kappa shape index (κ2) is 5.89. The number of aryl methyl sites for hydroxylation is 1. The third-order valence-electron chi connectivity index (χ3n) is 2.82. The van der Waals surface area contributed by atoms with Crippen LogP contribution in [0.1, 0.15) is 12.5 Å². The molecular formula is C14H14ClFN2O. The molecule has 0 unspecified atom stereocenters. The normalized spacial score (nSPS) is 10.5. The minimum Gasteiger partial charge on any atom is -0.380 e. The van der Waals surface area contributed by atoms with Gasteiger partial charge in [0.2, 0.25) is 0 Å². The molecule has 0 atom stereocenters. The number of hydrogen-bond donors (Lipinski definition) is 1. The summed E-state index contributed by atoms with van der Waals surface area (Å²) in [5.41, 5.74) is 1.59. The van der Waals surface area contributed by atoms with E-state index in [2.05, 4.69) is 5.32 Å². The van der Waals surface area contributed by atoms with Crippen molar-refractivity contribution in [3.05, 3.63) is 63.3 Å². The molecule has 0 aliphatic rings. The molecule has 0 saturated heterocycles. The Labute approximate surface area is 115 Å². The van der Waals surface area contributed by atoms with E-state index < -0.39 is 0 Å². The molecule has 1 N–H and O–H groups in total. The topological polar surface area (TPSA) is 34.0 Å². The first-order valence-corrected chi connectivity index (χ1v) is 6.36. The average molecular weight is 281 g/mol. The maximum absolute atomic E-state index is 12.9. The molecule has 1 heterocycles. The van der Waals surface area contributed by atoms with Gasteiger partial charge < -0.3 is 9.88 Å². The first-order chi connectivity index (χ1) is 9.10. The molecule has 1 aromatic heterocycles. The molecule has 0 aliphatic carbocycles. The Morgan fingerprint density at radius 1 is 1.32 bits per heavy atom. The highest BCUT2D eigenvalue weighted by atomic mass is 35.5. The number of benzene rings is 1. The van der Waals surface area contributed by atoms with Crippen molar-refractivity contribution in [3.8, 4) is 0 Å². The van der Waals surface area contributed by atoms with Gasteiger partial charge in [-0.05, 0) is 30.7 Å². The highest BCUT2D eigenvalue weighted by Crippen LogP contribution is 2.18. The maximum atomic E-state index is 12.9. The van der Waals surface area contributed by atoms with Gasteiger partial charge in [-0.1, -0.05) is 17.7 Å². The Bertz CT molecular complexity index is 640. The summed E-state index contributed by atoms with van der Waals surface area (Å²) < 4.78 is 14.5. The molecular weight excluding hydrogens is 267 g/mol. The minimum atomic E-state index is -0.353. The van der Waals surface area contributed by atoms with Crippen LogP contribution in [-0.4, -0.2) is 4.57 Å². The van der Waals surface area contributed by atoms with E-state index in [-0.39, 0.29) is 11.4 Å². The third-order valence-corrected chi connectivity index (χ3v) is 3.17. The lowest BCUT2D eigenvalue weighted by Crippen LogP contribution is -2.17. The monoisotopic (exact) mass is 280 g/mol. The Morgan fingerprint density at radius 2 is 2.11 bits per heavy atom. The molecule has 0 amide bonds. The van der Waals surface area contributed by atoms with Crippen LogP contribution in [-0.2, 0) is 13.1 Å². The molecule has 100 valence electrons. The fraction of sp³-hybridized carbons (Fsp3) is 0.214. The number of hydrogen-bond acceptors (Lipinski definition) is 2. The van der Waals surface area contributed by atoms with Crippen molar-refractivity contribution >= 4 is 17.3 Å². The van der Waals surface area contributed by atoms with Crippen molar-refractivity contribution in [1.82, 2.24) is 4.57 Å². The van der Waals surface area contributed by atoms with E-state index in [4.69, 9.17) is 11.6 Å².